The normalized spacial score (nSPS) is 51.5. The fourth-order valence-electron chi connectivity index (χ4n) is 7.93. The van der Waals surface area contributed by atoms with Crippen LogP contribution in [0.2, 0.25) is 0 Å². The number of hydrogen-bond donors (Lipinski definition) is 4. The maximum Gasteiger partial charge on any atom is 0.275 e. The number of carbonyl (C=O) groups is 1. The number of fused-ring (bicyclic) bond motifs is 5. The van der Waals surface area contributed by atoms with Crippen LogP contribution >= 0.6 is 0 Å². The van der Waals surface area contributed by atoms with Gasteiger partial charge in [-0.15, -0.1) is 0 Å². The Hall–Kier alpha value is -0.490. The molecule has 0 amide bonds. The summed E-state index contributed by atoms with van der Waals surface area (Å²) in [7, 11) is 0. The lowest BCUT2D eigenvalue weighted by Gasteiger charge is -2.61. The van der Waals surface area contributed by atoms with E-state index >= 15 is 0 Å². The smallest absolute Gasteiger partial charge is 0.275 e. The first-order valence-corrected chi connectivity index (χ1v) is 10.5. The molecule has 5 heteroatoms. The van der Waals surface area contributed by atoms with Gasteiger partial charge in [-0.1, -0.05) is 13.8 Å². The van der Waals surface area contributed by atoms with Crippen LogP contribution < -0.4 is 0 Å². The van der Waals surface area contributed by atoms with Crippen LogP contribution in [0.15, 0.2) is 0 Å². The molecule has 0 aromatic rings. The molecule has 0 bridgehead atoms. The van der Waals surface area contributed by atoms with E-state index in [1.165, 1.54) is 0 Å². The molecule has 0 aromatic heterocycles. The summed E-state index contributed by atoms with van der Waals surface area (Å²) in [5, 5.41) is 39.4. The topological polar surface area (TPSA) is 98.0 Å². The van der Waals surface area contributed by atoms with Crippen molar-refractivity contribution >= 4 is 5.78 Å². The summed E-state index contributed by atoms with van der Waals surface area (Å²) in [6.45, 7) is 4.42. The second-order valence-electron chi connectivity index (χ2n) is 10.2. The monoisotopic (exact) mass is 366 g/mol. The molecule has 5 nitrogen and oxygen atoms in total. The fourth-order valence-corrected chi connectivity index (χ4v) is 7.93. The van der Waals surface area contributed by atoms with Crippen LogP contribution in [-0.2, 0) is 4.79 Å². The highest BCUT2D eigenvalue weighted by Gasteiger charge is 2.63. The van der Waals surface area contributed by atoms with Gasteiger partial charge in [0.1, 0.15) is 6.10 Å². The number of hydrogen-bond acceptors (Lipinski definition) is 5. The van der Waals surface area contributed by atoms with Gasteiger partial charge in [-0.05, 0) is 80.0 Å². The van der Waals surface area contributed by atoms with Gasteiger partial charge < -0.3 is 20.4 Å². The summed E-state index contributed by atoms with van der Waals surface area (Å²) in [5.74, 6) is -0.668. The first kappa shape index (κ1) is 18.9. The fraction of sp³-hybridized carbons (Fsp3) is 0.952. The van der Waals surface area contributed by atoms with Gasteiger partial charge in [0.05, 0.1) is 0 Å². The lowest BCUT2D eigenvalue weighted by atomic mass is 9.44. The number of Topliss-reactive ketones (excluding diaryl/α,β-unsaturated/α-hetero) is 1. The van der Waals surface area contributed by atoms with Gasteiger partial charge in [-0.2, -0.15) is 0 Å². The third kappa shape index (κ3) is 2.61. The Balaban J connectivity index is 1.61. The molecule has 0 aromatic carbocycles. The molecule has 0 aliphatic heterocycles. The second-order valence-corrected chi connectivity index (χ2v) is 10.2. The van der Waals surface area contributed by atoms with Crippen molar-refractivity contribution in [3.63, 3.8) is 0 Å². The molecule has 0 radical (unpaired) electrons. The van der Waals surface area contributed by atoms with Gasteiger partial charge in [0.15, 0.2) is 5.78 Å². The minimum atomic E-state index is -2.59. The van der Waals surface area contributed by atoms with E-state index < -0.39 is 12.1 Å². The van der Waals surface area contributed by atoms with Crippen LogP contribution in [0.3, 0.4) is 0 Å². The molecule has 4 aliphatic carbocycles. The van der Waals surface area contributed by atoms with Crippen molar-refractivity contribution in [3.8, 4) is 0 Å². The van der Waals surface area contributed by atoms with Crippen molar-refractivity contribution in [2.75, 3.05) is 0 Å². The van der Waals surface area contributed by atoms with Crippen LogP contribution in [0.4, 0.5) is 0 Å². The number of aliphatic hydroxyl groups is 4. The molecule has 4 saturated carbocycles. The van der Waals surface area contributed by atoms with Gasteiger partial charge >= 0.3 is 0 Å². The van der Waals surface area contributed by atoms with Crippen molar-refractivity contribution in [2.24, 2.45) is 40.4 Å². The van der Waals surface area contributed by atoms with E-state index in [-0.39, 0.29) is 29.0 Å². The molecule has 8 atom stereocenters. The Labute approximate surface area is 155 Å². The summed E-state index contributed by atoms with van der Waals surface area (Å²) in [6, 6.07) is 0. The lowest BCUT2D eigenvalue weighted by Crippen LogP contribution is -2.59. The van der Waals surface area contributed by atoms with Crippen molar-refractivity contribution in [3.05, 3.63) is 0 Å². The van der Waals surface area contributed by atoms with E-state index in [0.29, 0.717) is 30.1 Å². The van der Waals surface area contributed by atoms with E-state index in [0.717, 1.165) is 44.9 Å². The van der Waals surface area contributed by atoms with Crippen LogP contribution in [0.5, 0.6) is 0 Å². The quantitative estimate of drug-likeness (QED) is 0.562. The minimum absolute atomic E-state index is 0.00737. The van der Waals surface area contributed by atoms with Gasteiger partial charge in [-0.3, -0.25) is 4.79 Å². The third-order valence-corrected chi connectivity index (χ3v) is 9.31. The van der Waals surface area contributed by atoms with Crippen LogP contribution in [0.25, 0.3) is 0 Å². The molecule has 4 N–H and O–H groups in total. The minimum Gasteiger partial charge on any atom is -0.385 e. The number of ketones is 1. The summed E-state index contributed by atoms with van der Waals surface area (Å²) in [5.41, 5.74) is -0.292. The van der Waals surface area contributed by atoms with Crippen LogP contribution in [0.1, 0.15) is 71.6 Å². The molecule has 0 saturated heterocycles. The summed E-state index contributed by atoms with van der Waals surface area (Å²) < 4.78 is 0. The first-order chi connectivity index (χ1) is 12.1. The van der Waals surface area contributed by atoms with Crippen molar-refractivity contribution in [2.45, 2.75) is 83.7 Å². The Bertz CT molecular complexity index is 583. The average molecular weight is 366 g/mol. The van der Waals surface area contributed by atoms with Crippen LogP contribution in [0, 0.1) is 40.4 Å². The maximum absolute atomic E-state index is 12.3. The third-order valence-electron chi connectivity index (χ3n) is 9.31. The van der Waals surface area contributed by atoms with Crippen molar-refractivity contribution < 1.29 is 25.2 Å². The van der Waals surface area contributed by atoms with Gasteiger partial charge in [-0.25, -0.2) is 0 Å². The van der Waals surface area contributed by atoms with Crippen molar-refractivity contribution in [1.82, 2.24) is 0 Å². The zero-order valence-electron chi connectivity index (χ0n) is 16.0. The van der Waals surface area contributed by atoms with Gasteiger partial charge in [0, 0.05) is 18.3 Å². The van der Waals surface area contributed by atoms with Crippen molar-refractivity contribution in [1.29, 1.82) is 0 Å². The highest BCUT2D eigenvalue weighted by atomic mass is 16.7. The van der Waals surface area contributed by atoms with Gasteiger partial charge in [0.25, 0.3) is 5.97 Å². The van der Waals surface area contributed by atoms with E-state index in [4.69, 9.17) is 0 Å². The SMILES string of the molecule is C[C@]12CC[C@H]3[C@@H](CC[C@H]4CCC(=O)C(O)[C@@]43C)[C@@H]1CC[C@H]2CC(O)(O)O. The second kappa shape index (κ2) is 6.00. The average Bonchev–Trinajstić information content (AvgIpc) is 2.87. The molecule has 148 valence electrons. The van der Waals surface area contributed by atoms with E-state index in [1.807, 2.05) is 0 Å². The summed E-state index contributed by atoms with van der Waals surface area (Å²) in [4.78, 5) is 12.3. The highest BCUT2D eigenvalue weighted by Crippen LogP contribution is 2.67. The predicted molar refractivity (Wildman–Crippen MR) is 95.6 cm³/mol. The number of aliphatic hydroxyl groups excluding tert-OH is 1. The van der Waals surface area contributed by atoms with Crippen LogP contribution in [-0.4, -0.2) is 38.3 Å². The molecule has 0 heterocycles. The Morgan fingerprint density at radius 2 is 1.73 bits per heavy atom. The Morgan fingerprint density at radius 3 is 2.42 bits per heavy atom. The maximum atomic E-state index is 12.3. The van der Waals surface area contributed by atoms with E-state index in [9.17, 15) is 25.2 Å². The molecule has 4 aliphatic rings. The predicted octanol–water partition coefficient (Wildman–Crippen LogP) is 2.21. The molecule has 4 fully saturated rings. The van der Waals surface area contributed by atoms with E-state index in [2.05, 4.69) is 13.8 Å². The molecular formula is C21H34O5. The zero-order valence-corrected chi connectivity index (χ0v) is 16.0. The summed E-state index contributed by atoms with van der Waals surface area (Å²) >= 11 is 0. The van der Waals surface area contributed by atoms with Gasteiger partial charge in [0.2, 0.25) is 0 Å². The molecule has 0 spiro atoms. The molecule has 4 rings (SSSR count). The summed E-state index contributed by atoms with van der Waals surface area (Å²) in [6.07, 6.45) is 6.79. The first-order valence-electron chi connectivity index (χ1n) is 10.5. The largest absolute Gasteiger partial charge is 0.385 e. The molecule has 26 heavy (non-hydrogen) atoms. The van der Waals surface area contributed by atoms with E-state index in [1.54, 1.807) is 0 Å². The highest BCUT2D eigenvalue weighted by molar-refractivity contribution is 5.84. The molecular weight excluding hydrogens is 332 g/mol. The number of rotatable bonds is 2. The Kier molecular flexibility index (Phi) is 4.35. The number of carbonyl (C=O) groups excluding carboxylic acids is 1. The lowest BCUT2D eigenvalue weighted by molar-refractivity contribution is -0.323. The zero-order chi connectivity index (χ0) is 18.9. The standard InChI is InChI=1S/C21H34O5/c1-19-10-9-16-14(15(19)7-4-13(19)11-21(24,25)26)6-3-12-5-8-17(22)18(23)20(12,16)2/h12-16,18,23-26H,3-11H2,1-2H3/t12-,13-,14-,15-,16-,18?,19+,20-/m0/s1. The Morgan fingerprint density at radius 1 is 1.00 bits per heavy atom. The molecule has 1 unspecified atom stereocenters.